The van der Waals surface area contributed by atoms with Crippen LogP contribution in [-0.4, -0.2) is 28.9 Å². The number of hydrogen-bond acceptors (Lipinski definition) is 5. The second kappa shape index (κ2) is 6.66. The van der Waals surface area contributed by atoms with Crippen molar-refractivity contribution >= 4 is 23.1 Å². The average Bonchev–Trinajstić information content (AvgIpc) is 3.10. The molecule has 0 aliphatic carbocycles. The normalized spacial score (nSPS) is 13.8. The Morgan fingerprint density at radius 1 is 1.25 bits per heavy atom. The highest BCUT2D eigenvalue weighted by molar-refractivity contribution is 6.04. The second-order valence-electron chi connectivity index (χ2n) is 5.83. The fourth-order valence-electron chi connectivity index (χ4n) is 2.77. The number of hydrogen-bond donors (Lipinski definition) is 1. The fourth-order valence-corrected chi connectivity index (χ4v) is 2.77. The molecule has 0 atom stereocenters. The Bertz CT molecular complexity index is 768. The first-order chi connectivity index (χ1) is 11.5. The standard InChI is InChI=1S/C17H18N4O3/c1-12-4-7-16(18-11-12)19-17(22)13-5-6-14(15(10-13)21(23)24)20-8-2-3-9-20/h4-7,10-11H,2-3,8-9H2,1H3,(H,18,19,22). The molecular weight excluding hydrogens is 308 g/mol. The zero-order valence-electron chi connectivity index (χ0n) is 13.4. The van der Waals surface area contributed by atoms with Crippen LogP contribution in [-0.2, 0) is 0 Å². The second-order valence-corrected chi connectivity index (χ2v) is 5.83. The van der Waals surface area contributed by atoms with Crippen LogP contribution in [0, 0.1) is 17.0 Å². The van der Waals surface area contributed by atoms with Gasteiger partial charge in [0.25, 0.3) is 11.6 Å². The van der Waals surface area contributed by atoms with Crippen LogP contribution in [0.2, 0.25) is 0 Å². The Hall–Kier alpha value is -2.96. The van der Waals surface area contributed by atoms with Gasteiger partial charge in [-0.1, -0.05) is 6.07 Å². The number of aryl methyl sites for hydroxylation is 1. The summed E-state index contributed by atoms with van der Waals surface area (Å²) in [5.41, 5.74) is 1.76. The average molecular weight is 326 g/mol. The van der Waals surface area contributed by atoms with E-state index >= 15 is 0 Å². The van der Waals surface area contributed by atoms with E-state index in [1.54, 1.807) is 24.4 Å². The van der Waals surface area contributed by atoms with Crippen LogP contribution in [0.25, 0.3) is 0 Å². The number of carbonyl (C=O) groups excluding carboxylic acids is 1. The molecule has 0 radical (unpaired) electrons. The lowest BCUT2D eigenvalue weighted by Gasteiger charge is -2.17. The van der Waals surface area contributed by atoms with Crippen LogP contribution in [0.3, 0.4) is 0 Å². The van der Waals surface area contributed by atoms with E-state index in [2.05, 4.69) is 10.3 Å². The third kappa shape index (κ3) is 3.34. The van der Waals surface area contributed by atoms with Crippen LogP contribution in [0.4, 0.5) is 17.2 Å². The van der Waals surface area contributed by atoms with E-state index in [1.165, 1.54) is 6.07 Å². The van der Waals surface area contributed by atoms with Gasteiger partial charge in [-0.15, -0.1) is 0 Å². The molecule has 2 aromatic rings. The first-order valence-electron chi connectivity index (χ1n) is 7.82. The number of anilines is 2. The molecule has 1 aromatic heterocycles. The minimum absolute atomic E-state index is 0.0404. The Morgan fingerprint density at radius 3 is 2.62 bits per heavy atom. The highest BCUT2D eigenvalue weighted by Gasteiger charge is 2.23. The number of nitrogens with zero attached hydrogens (tertiary/aromatic N) is 3. The van der Waals surface area contributed by atoms with Gasteiger partial charge in [-0.25, -0.2) is 4.98 Å². The number of rotatable bonds is 4. The molecule has 3 rings (SSSR count). The van der Waals surface area contributed by atoms with Gasteiger partial charge >= 0.3 is 0 Å². The summed E-state index contributed by atoms with van der Waals surface area (Å²) >= 11 is 0. The highest BCUT2D eigenvalue weighted by Crippen LogP contribution is 2.31. The SMILES string of the molecule is Cc1ccc(NC(=O)c2ccc(N3CCCC3)c([N+](=O)[O-])c2)nc1. The van der Waals surface area contributed by atoms with E-state index in [-0.39, 0.29) is 11.3 Å². The number of nitro groups is 1. The van der Waals surface area contributed by atoms with Gasteiger partial charge in [0, 0.05) is 30.9 Å². The van der Waals surface area contributed by atoms with Crippen molar-refractivity contribution in [3.8, 4) is 0 Å². The van der Waals surface area contributed by atoms with Crippen molar-refractivity contribution in [1.29, 1.82) is 0 Å². The Labute approximate surface area is 139 Å². The molecule has 1 aliphatic heterocycles. The Balaban J connectivity index is 1.85. The summed E-state index contributed by atoms with van der Waals surface area (Å²) < 4.78 is 0. The molecule has 1 aliphatic rings. The van der Waals surface area contributed by atoms with Gasteiger partial charge in [-0.3, -0.25) is 14.9 Å². The molecule has 1 aromatic carbocycles. The number of carbonyl (C=O) groups is 1. The summed E-state index contributed by atoms with van der Waals surface area (Å²) in [6.07, 6.45) is 3.70. The van der Waals surface area contributed by atoms with Crippen molar-refractivity contribution in [2.45, 2.75) is 19.8 Å². The molecule has 0 unspecified atom stereocenters. The maximum absolute atomic E-state index is 12.3. The van der Waals surface area contributed by atoms with Crippen molar-refractivity contribution in [2.75, 3.05) is 23.3 Å². The topological polar surface area (TPSA) is 88.4 Å². The molecule has 7 heteroatoms. The summed E-state index contributed by atoms with van der Waals surface area (Å²) in [5.74, 6) is -0.000650. The lowest BCUT2D eigenvalue weighted by atomic mass is 10.1. The Morgan fingerprint density at radius 2 is 2.00 bits per heavy atom. The minimum Gasteiger partial charge on any atom is -0.366 e. The van der Waals surface area contributed by atoms with E-state index in [1.807, 2.05) is 17.9 Å². The predicted molar refractivity (Wildman–Crippen MR) is 91.5 cm³/mol. The molecule has 7 nitrogen and oxygen atoms in total. The molecule has 24 heavy (non-hydrogen) atoms. The Kier molecular flexibility index (Phi) is 4.41. The number of pyridine rings is 1. The number of nitrogens with one attached hydrogen (secondary N) is 1. The summed E-state index contributed by atoms with van der Waals surface area (Å²) in [4.78, 5) is 29.4. The van der Waals surface area contributed by atoms with Crippen molar-refractivity contribution < 1.29 is 9.72 Å². The number of aromatic nitrogens is 1. The highest BCUT2D eigenvalue weighted by atomic mass is 16.6. The summed E-state index contributed by atoms with van der Waals surface area (Å²) in [6.45, 7) is 3.51. The molecule has 124 valence electrons. The third-order valence-electron chi connectivity index (χ3n) is 4.03. The first-order valence-corrected chi connectivity index (χ1v) is 7.82. The van der Waals surface area contributed by atoms with Crippen molar-refractivity contribution in [3.63, 3.8) is 0 Å². The fraction of sp³-hybridized carbons (Fsp3) is 0.294. The molecule has 0 bridgehead atoms. The zero-order valence-corrected chi connectivity index (χ0v) is 13.4. The number of amides is 1. The van der Waals surface area contributed by atoms with Crippen molar-refractivity contribution in [3.05, 3.63) is 57.8 Å². The van der Waals surface area contributed by atoms with Gasteiger partial charge in [-0.05, 0) is 43.5 Å². The first kappa shape index (κ1) is 15.9. The van der Waals surface area contributed by atoms with Crippen LogP contribution in [0.5, 0.6) is 0 Å². The van der Waals surface area contributed by atoms with Gasteiger partial charge in [0.15, 0.2) is 0 Å². The largest absolute Gasteiger partial charge is 0.366 e. The van der Waals surface area contributed by atoms with Crippen LogP contribution in [0.15, 0.2) is 36.5 Å². The van der Waals surface area contributed by atoms with Crippen molar-refractivity contribution in [1.82, 2.24) is 4.98 Å². The number of nitro benzene ring substituents is 1. The van der Waals surface area contributed by atoms with Crippen LogP contribution in [0.1, 0.15) is 28.8 Å². The summed E-state index contributed by atoms with van der Waals surface area (Å²) in [6, 6.07) is 8.13. The lowest BCUT2D eigenvalue weighted by molar-refractivity contribution is -0.384. The van der Waals surface area contributed by atoms with Crippen molar-refractivity contribution in [2.24, 2.45) is 0 Å². The van der Waals surface area contributed by atoms with E-state index in [0.717, 1.165) is 31.5 Å². The van der Waals surface area contributed by atoms with E-state index in [4.69, 9.17) is 0 Å². The maximum Gasteiger partial charge on any atom is 0.293 e. The van der Waals surface area contributed by atoms with E-state index < -0.39 is 10.8 Å². The van der Waals surface area contributed by atoms with Crippen LogP contribution < -0.4 is 10.2 Å². The van der Waals surface area contributed by atoms with Crippen LogP contribution >= 0.6 is 0 Å². The lowest BCUT2D eigenvalue weighted by Crippen LogP contribution is -2.20. The minimum atomic E-state index is -0.436. The summed E-state index contributed by atoms with van der Waals surface area (Å²) in [7, 11) is 0. The van der Waals surface area contributed by atoms with Gasteiger partial charge in [0.2, 0.25) is 0 Å². The monoisotopic (exact) mass is 326 g/mol. The third-order valence-corrected chi connectivity index (χ3v) is 4.03. The maximum atomic E-state index is 12.3. The molecule has 1 saturated heterocycles. The van der Waals surface area contributed by atoms with E-state index in [0.29, 0.717) is 11.5 Å². The quantitative estimate of drug-likeness (QED) is 0.689. The smallest absolute Gasteiger partial charge is 0.293 e. The summed E-state index contributed by atoms with van der Waals surface area (Å²) in [5, 5.41) is 14.0. The molecule has 1 fully saturated rings. The molecule has 0 saturated carbocycles. The molecule has 2 heterocycles. The van der Waals surface area contributed by atoms with Gasteiger partial charge in [-0.2, -0.15) is 0 Å². The molecule has 1 N–H and O–H groups in total. The zero-order chi connectivity index (χ0) is 17.1. The van der Waals surface area contributed by atoms with Gasteiger partial charge in [0.1, 0.15) is 11.5 Å². The molecule has 1 amide bonds. The van der Waals surface area contributed by atoms with Gasteiger partial charge < -0.3 is 10.2 Å². The molecular formula is C17H18N4O3. The predicted octanol–water partition coefficient (Wildman–Crippen LogP) is 3.15. The number of benzene rings is 1. The van der Waals surface area contributed by atoms with E-state index in [9.17, 15) is 14.9 Å². The van der Waals surface area contributed by atoms with Gasteiger partial charge in [0.05, 0.1) is 4.92 Å². The molecule has 0 spiro atoms.